The number of fused-ring (bicyclic) bond motifs is 1. The van der Waals surface area contributed by atoms with Gasteiger partial charge in [-0.3, -0.25) is 9.69 Å². The Kier molecular flexibility index (Phi) is 7.14. The molecule has 0 bridgehead atoms. The minimum Gasteiger partial charge on any atom is -0.462 e. The van der Waals surface area contributed by atoms with Gasteiger partial charge >= 0.3 is 5.97 Å². The van der Waals surface area contributed by atoms with Gasteiger partial charge < -0.3 is 14.0 Å². The van der Waals surface area contributed by atoms with Gasteiger partial charge in [0.05, 0.1) is 19.8 Å². The van der Waals surface area contributed by atoms with Gasteiger partial charge in [0.2, 0.25) is 0 Å². The molecule has 1 aliphatic heterocycles. The Bertz CT molecular complexity index is 1110. The Hall–Kier alpha value is -3.22. The molecule has 0 atom stereocenters. The van der Waals surface area contributed by atoms with Gasteiger partial charge in [-0.1, -0.05) is 48.5 Å². The molecule has 0 N–H and O–H groups in total. The molecule has 2 heterocycles. The van der Waals surface area contributed by atoms with Crippen molar-refractivity contribution in [2.24, 2.45) is 0 Å². The summed E-state index contributed by atoms with van der Waals surface area (Å²) in [6, 6.07) is 16.9. The quantitative estimate of drug-likeness (QED) is 0.178. The molecule has 0 amide bonds. The number of rotatable bonds is 8. The van der Waals surface area contributed by atoms with Gasteiger partial charge in [0, 0.05) is 54.4 Å². The maximum absolute atomic E-state index is 13.1. The second-order valence-corrected chi connectivity index (χ2v) is 7.72. The van der Waals surface area contributed by atoms with Crippen LogP contribution in [0.3, 0.4) is 0 Å². The molecule has 32 heavy (non-hydrogen) atoms. The first-order valence-electron chi connectivity index (χ1n) is 11.0. The minimum absolute atomic E-state index is 0.0362. The molecule has 0 spiro atoms. The minimum atomic E-state index is -0.605. The number of hydrogen-bond donors (Lipinski definition) is 0. The molecule has 166 valence electrons. The van der Waals surface area contributed by atoms with Crippen molar-refractivity contribution in [1.82, 2.24) is 9.47 Å². The van der Waals surface area contributed by atoms with E-state index in [0.29, 0.717) is 5.56 Å². The number of ether oxygens (including phenoxy) is 2. The predicted molar refractivity (Wildman–Crippen MR) is 125 cm³/mol. The summed E-state index contributed by atoms with van der Waals surface area (Å²) in [5.41, 5.74) is 2.40. The van der Waals surface area contributed by atoms with Crippen molar-refractivity contribution in [2.45, 2.75) is 13.5 Å². The highest BCUT2D eigenvalue weighted by Gasteiger charge is 2.22. The summed E-state index contributed by atoms with van der Waals surface area (Å²) >= 11 is 0. The van der Waals surface area contributed by atoms with Crippen LogP contribution in [0.5, 0.6) is 0 Å². The predicted octanol–water partition coefficient (Wildman–Crippen LogP) is 3.80. The van der Waals surface area contributed by atoms with Gasteiger partial charge in [-0.25, -0.2) is 4.79 Å². The zero-order valence-electron chi connectivity index (χ0n) is 18.3. The molecule has 2 aromatic carbocycles. The van der Waals surface area contributed by atoms with Gasteiger partial charge in [0.1, 0.15) is 5.57 Å². The van der Waals surface area contributed by atoms with E-state index in [1.807, 2.05) is 30.5 Å². The van der Waals surface area contributed by atoms with E-state index < -0.39 is 5.97 Å². The van der Waals surface area contributed by atoms with Gasteiger partial charge in [0.25, 0.3) is 0 Å². The molecule has 0 aliphatic carbocycles. The summed E-state index contributed by atoms with van der Waals surface area (Å²) < 4.78 is 12.8. The van der Waals surface area contributed by atoms with Crippen molar-refractivity contribution in [3.8, 4) is 0 Å². The molecule has 1 aliphatic rings. The average Bonchev–Trinajstić information content (AvgIpc) is 3.19. The molecule has 6 heteroatoms. The van der Waals surface area contributed by atoms with Crippen molar-refractivity contribution < 1.29 is 19.1 Å². The number of ketones is 1. The lowest BCUT2D eigenvalue weighted by atomic mass is 10.0. The average molecular weight is 433 g/mol. The molecule has 1 aromatic heterocycles. The fourth-order valence-corrected chi connectivity index (χ4v) is 3.98. The number of esters is 1. The number of morpholine rings is 1. The van der Waals surface area contributed by atoms with E-state index in [-0.39, 0.29) is 18.0 Å². The van der Waals surface area contributed by atoms with E-state index in [4.69, 9.17) is 9.47 Å². The zero-order chi connectivity index (χ0) is 22.3. The summed E-state index contributed by atoms with van der Waals surface area (Å²) in [5, 5.41) is 0.997. The third-order valence-electron chi connectivity index (χ3n) is 5.66. The van der Waals surface area contributed by atoms with Gasteiger partial charge in [0.15, 0.2) is 5.78 Å². The van der Waals surface area contributed by atoms with Crippen LogP contribution in [0.25, 0.3) is 17.0 Å². The number of benzene rings is 2. The fourth-order valence-electron chi connectivity index (χ4n) is 3.98. The molecule has 0 unspecified atom stereocenters. The van der Waals surface area contributed by atoms with Crippen LogP contribution in [0.15, 0.2) is 66.4 Å². The number of aromatic nitrogens is 1. The van der Waals surface area contributed by atoms with Crippen LogP contribution in [0.4, 0.5) is 0 Å². The third kappa shape index (κ3) is 4.98. The zero-order valence-corrected chi connectivity index (χ0v) is 18.3. The van der Waals surface area contributed by atoms with Crippen LogP contribution >= 0.6 is 0 Å². The third-order valence-corrected chi connectivity index (χ3v) is 5.66. The van der Waals surface area contributed by atoms with E-state index in [1.165, 1.54) is 0 Å². The lowest BCUT2D eigenvalue weighted by Crippen LogP contribution is -2.38. The largest absolute Gasteiger partial charge is 0.462 e. The molecule has 0 radical (unpaired) electrons. The lowest BCUT2D eigenvalue weighted by molar-refractivity contribution is -0.137. The van der Waals surface area contributed by atoms with E-state index in [9.17, 15) is 9.59 Å². The van der Waals surface area contributed by atoms with Crippen LogP contribution in [0.1, 0.15) is 22.8 Å². The molecule has 6 nitrogen and oxygen atoms in total. The van der Waals surface area contributed by atoms with Crippen LogP contribution in [0.2, 0.25) is 0 Å². The summed E-state index contributed by atoms with van der Waals surface area (Å²) in [5.74, 6) is -0.944. The number of carbonyl (C=O) groups is 2. The second-order valence-electron chi connectivity index (χ2n) is 7.72. The number of carbonyl (C=O) groups excluding carboxylic acids is 2. The number of Topliss-reactive ketones (excluding diaryl/α,β-unsaturated/α-hetero) is 1. The van der Waals surface area contributed by atoms with Crippen molar-refractivity contribution in [3.05, 3.63) is 77.5 Å². The van der Waals surface area contributed by atoms with Crippen LogP contribution < -0.4 is 0 Å². The van der Waals surface area contributed by atoms with Crippen LogP contribution in [-0.4, -0.2) is 60.7 Å². The Morgan fingerprint density at radius 2 is 1.72 bits per heavy atom. The van der Waals surface area contributed by atoms with Crippen molar-refractivity contribution >= 4 is 28.7 Å². The molecule has 3 aromatic rings. The summed E-state index contributed by atoms with van der Waals surface area (Å²) in [6.07, 6.45) is 3.68. The molecular weight excluding hydrogens is 404 g/mol. The normalized spacial score (nSPS) is 15.1. The SMILES string of the molecule is CCOC(=O)/C(=C/c1cn(CCN2CCOCC2)c2ccccc12)C(=O)c1ccccc1. The first-order chi connectivity index (χ1) is 15.7. The first kappa shape index (κ1) is 22.0. The fraction of sp³-hybridized carbons (Fsp3) is 0.308. The van der Waals surface area contributed by atoms with Crippen LogP contribution in [-0.2, 0) is 20.8 Å². The van der Waals surface area contributed by atoms with Crippen LogP contribution in [0, 0.1) is 0 Å². The summed E-state index contributed by atoms with van der Waals surface area (Å²) in [4.78, 5) is 28.2. The number of nitrogens with zero attached hydrogens (tertiary/aromatic N) is 2. The summed E-state index contributed by atoms with van der Waals surface area (Å²) in [6.45, 7) is 7.08. The Labute approximate surface area is 188 Å². The van der Waals surface area contributed by atoms with Gasteiger partial charge in [-0.05, 0) is 19.1 Å². The Morgan fingerprint density at radius 1 is 1.00 bits per heavy atom. The molecule has 4 rings (SSSR count). The molecule has 1 saturated heterocycles. The number of hydrogen-bond acceptors (Lipinski definition) is 5. The highest BCUT2D eigenvalue weighted by Crippen LogP contribution is 2.25. The summed E-state index contributed by atoms with van der Waals surface area (Å²) in [7, 11) is 0. The first-order valence-corrected chi connectivity index (χ1v) is 11.0. The van der Waals surface area contributed by atoms with E-state index in [1.54, 1.807) is 37.3 Å². The molecule has 1 fully saturated rings. The van der Waals surface area contributed by atoms with Gasteiger partial charge in [-0.2, -0.15) is 0 Å². The Morgan fingerprint density at radius 3 is 2.47 bits per heavy atom. The highest BCUT2D eigenvalue weighted by molar-refractivity contribution is 6.27. The topological polar surface area (TPSA) is 60.8 Å². The maximum Gasteiger partial charge on any atom is 0.342 e. The van der Waals surface area contributed by atoms with E-state index >= 15 is 0 Å². The highest BCUT2D eigenvalue weighted by atomic mass is 16.5. The second kappa shape index (κ2) is 10.4. The smallest absolute Gasteiger partial charge is 0.342 e. The van der Waals surface area contributed by atoms with Crippen molar-refractivity contribution in [1.29, 1.82) is 0 Å². The maximum atomic E-state index is 13.1. The Balaban J connectivity index is 1.69. The number of para-hydroxylation sites is 1. The standard InChI is InChI=1S/C26H28N2O4/c1-2-32-26(30)23(25(29)20-8-4-3-5-9-20)18-21-19-28(24-11-7-6-10-22(21)24)13-12-27-14-16-31-17-15-27/h3-11,18-19H,2,12-17H2,1H3/b23-18+. The van der Waals surface area contributed by atoms with Crippen molar-refractivity contribution in [3.63, 3.8) is 0 Å². The van der Waals surface area contributed by atoms with Gasteiger partial charge in [-0.15, -0.1) is 0 Å². The monoisotopic (exact) mass is 432 g/mol. The van der Waals surface area contributed by atoms with E-state index in [0.717, 1.165) is 55.9 Å². The van der Waals surface area contributed by atoms with E-state index in [2.05, 4.69) is 15.5 Å². The molecular formula is C26H28N2O4. The van der Waals surface area contributed by atoms with Crippen molar-refractivity contribution in [2.75, 3.05) is 39.5 Å². The molecule has 0 saturated carbocycles. The lowest BCUT2D eigenvalue weighted by Gasteiger charge is -2.26.